The van der Waals surface area contributed by atoms with Crippen LogP contribution in [-0.2, 0) is 0 Å². The Bertz CT molecular complexity index is 615. The van der Waals surface area contributed by atoms with Gasteiger partial charge in [0.2, 0.25) is 0 Å². The smallest absolute Gasteiger partial charge is 0.349 e. The first kappa shape index (κ1) is 12.3. The molecule has 7 nitrogen and oxygen atoms in total. The number of anilines is 1. The first-order valence-corrected chi connectivity index (χ1v) is 5.59. The fourth-order valence-corrected chi connectivity index (χ4v) is 1.82. The van der Waals surface area contributed by atoms with Crippen molar-refractivity contribution < 1.29 is 5.11 Å². The van der Waals surface area contributed by atoms with E-state index in [0.29, 0.717) is 30.4 Å². The van der Waals surface area contributed by atoms with Crippen molar-refractivity contribution in [2.45, 2.75) is 6.92 Å². The van der Waals surface area contributed by atoms with Gasteiger partial charge in [0.15, 0.2) is 5.65 Å². The van der Waals surface area contributed by atoms with Crippen molar-refractivity contribution in [2.24, 2.45) is 0 Å². The van der Waals surface area contributed by atoms with Crippen LogP contribution in [0.4, 0.5) is 5.82 Å². The van der Waals surface area contributed by atoms with Crippen molar-refractivity contribution in [1.29, 1.82) is 0 Å². The number of fused-ring (bicyclic) bond motifs is 1. The zero-order valence-corrected chi connectivity index (χ0v) is 10.1. The molecule has 0 radical (unpaired) electrons. The second-order valence-corrected chi connectivity index (χ2v) is 3.84. The number of aliphatic hydroxyl groups is 1. The Morgan fingerprint density at radius 2 is 2.44 bits per heavy atom. The quantitative estimate of drug-likeness (QED) is 0.711. The molecular formula is C11H15N5O2. The molecule has 2 aromatic rings. The van der Waals surface area contributed by atoms with Gasteiger partial charge in [0, 0.05) is 19.2 Å². The SMILES string of the molecule is C=CCN(CCO)c1cc2n[nH]c(=O)n2c(C)n1. The van der Waals surface area contributed by atoms with Crippen molar-refractivity contribution in [3.63, 3.8) is 0 Å². The van der Waals surface area contributed by atoms with Crippen LogP contribution in [0.5, 0.6) is 0 Å². The summed E-state index contributed by atoms with van der Waals surface area (Å²) in [6, 6.07) is 1.70. The monoisotopic (exact) mass is 249 g/mol. The van der Waals surface area contributed by atoms with E-state index >= 15 is 0 Å². The molecule has 0 aliphatic heterocycles. The Morgan fingerprint density at radius 1 is 1.67 bits per heavy atom. The molecule has 2 heterocycles. The van der Waals surface area contributed by atoms with E-state index in [0.717, 1.165) is 0 Å². The van der Waals surface area contributed by atoms with Crippen LogP contribution in [0.1, 0.15) is 5.82 Å². The highest BCUT2D eigenvalue weighted by molar-refractivity contribution is 5.51. The number of nitrogens with zero attached hydrogens (tertiary/aromatic N) is 4. The fourth-order valence-electron chi connectivity index (χ4n) is 1.82. The van der Waals surface area contributed by atoms with E-state index < -0.39 is 0 Å². The molecule has 0 amide bonds. The third kappa shape index (κ3) is 2.12. The molecule has 0 saturated carbocycles. The maximum absolute atomic E-state index is 11.5. The van der Waals surface area contributed by atoms with Gasteiger partial charge in [-0.05, 0) is 6.92 Å². The van der Waals surface area contributed by atoms with Crippen LogP contribution in [0.2, 0.25) is 0 Å². The molecule has 0 spiro atoms. The van der Waals surface area contributed by atoms with E-state index in [-0.39, 0.29) is 12.3 Å². The van der Waals surface area contributed by atoms with E-state index in [1.165, 1.54) is 4.40 Å². The number of aromatic amines is 1. The van der Waals surface area contributed by atoms with Crippen LogP contribution in [-0.4, -0.2) is 44.4 Å². The number of nitrogens with one attached hydrogen (secondary N) is 1. The highest BCUT2D eigenvalue weighted by atomic mass is 16.3. The normalized spacial score (nSPS) is 10.8. The summed E-state index contributed by atoms with van der Waals surface area (Å²) in [5.41, 5.74) is 0.202. The van der Waals surface area contributed by atoms with Crippen LogP contribution in [0.3, 0.4) is 0 Å². The lowest BCUT2D eigenvalue weighted by molar-refractivity contribution is 0.302. The van der Waals surface area contributed by atoms with E-state index in [9.17, 15) is 4.79 Å². The first-order chi connectivity index (χ1) is 8.67. The molecule has 0 saturated heterocycles. The highest BCUT2D eigenvalue weighted by Gasteiger charge is 2.11. The summed E-state index contributed by atoms with van der Waals surface area (Å²) in [5.74, 6) is 1.21. The summed E-state index contributed by atoms with van der Waals surface area (Å²) in [7, 11) is 0. The van der Waals surface area contributed by atoms with Gasteiger partial charge in [-0.2, -0.15) is 5.10 Å². The summed E-state index contributed by atoms with van der Waals surface area (Å²) in [6.07, 6.45) is 1.73. The number of aliphatic hydroxyl groups excluding tert-OH is 1. The number of hydrogen-bond donors (Lipinski definition) is 2. The van der Waals surface area contributed by atoms with Gasteiger partial charge >= 0.3 is 5.69 Å². The van der Waals surface area contributed by atoms with E-state index in [1.807, 2.05) is 4.90 Å². The lowest BCUT2D eigenvalue weighted by Gasteiger charge is -2.21. The molecule has 0 aliphatic rings. The molecule has 0 atom stereocenters. The number of hydrogen-bond acceptors (Lipinski definition) is 5. The zero-order chi connectivity index (χ0) is 13.1. The molecule has 0 fully saturated rings. The third-order valence-corrected chi connectivity index (χ3v) is 2.60. The molecule has 18 heavy (non-hydrogen) atoms. The number of H-pyrrole nitrogens is 1. The van der Waals surface area contributed by atoms with Gasteiger partial charge in [0.1, 0.15) is 11.6 Å². The van der Waals surface area contributed by atoms with Crippen molar-refractivity contribution in [3.8, 4) is 0 Å². The molecule has 2 rings (SSSR count). The Morgan fingerprint density at radius 3 is 3.11 bits per heavy atom. The van der Waals surface area contributed by atoms with E-state index in [1.54, 1.807) is 19.1 Å². The average Bonchev–Trinajstić information content (AvgIpc) is 2.71. The molecule has 96 valence electrons. The molecule has 0 aliphatic carbocycles. The standard InChI is InChI=1S/C11H15N5O2/c1-3-4-15(5-6-17)9-7-10-13-14-11(18)16(10)8(2)12-9/h3,7,17H,1,4-6H2,2H3,(H,14,18). The van der Waals surface area contributed by atoms with Crippen LogP contribution in [0.25, 0.3) is 5.65 Å². The summed E-state index contributed by atoms with van der Waals surface area (Å²) in [6.45, 7) is 6.44. The fraction of sp³-hybridized carbons (Fsp3) is 0.364. The Kier molecular flexibility index (Phi) is 3.42. The summed E-state index contributed by atoms with van der Waals surface area (Å²) >= 11 is 0. The van der Waals surface area contributed by atoms with Gasteiger partial charge in [-0.1, -0.05) is 6.08 Å². The number of rotatable bonds is 5. The second kappa shape index (κ2) is 5.01. The molecular weight excluding hydrogens is 234 g/mol. The van der Waals surface area contributed by atoms with Gasteiger partial charge in [-0.15, -0.1) is 6.58 Å². The van der Waals surface area contributed by atoms with Crippen molar-refractivity contribution >= 4 is 11.5 Å². The summed E-state index contributed by atoms with van der Waals surface area (Å²) < 4.78 is 1.40. The topological polar surface area (TPSA) is 86.5 Å². The van der Waals surface area contributed by atoms with Crippen molar-refractivity contribution in [3.05, 3.63) is 35.0 Å². The number of aromatic nitrogens is 4. The Balaban J connectivity index is 2.50. The molecule has 7 heteroatoms. The molecule has 2 N–H and O–H groups in total. The van der Waals surface area contributed by atoms with Crippen molar-refractivity contribution in [1.82, 2.24) is 19.6 Å². The summed E-state index contributed by atoms with van der Waals surface area (Å²) in [4.78, 5) is 17.7. The van der Waals surface area contributed by atoms with Gasteiger partial charge in [-0.25, -0.2) is 19.3 Å². The van der Waals surface area contributed by atoms with Crippen LogP contribution in [0, 0.1) is 6.92 Å². The lowest BCUT2D eigenvalue weighted by Crippen LogP contribution is -2.28. The minimum absolute atomic E-state index is 0.0210. The van der Waals surface area contributed by atoms with Gasteiger partial charge in [0.05, 0.1) is 6.61 Å². The average molecular weight is 249 g/mol. The maximum Gasteiger partial charge on any atom is 0.349 e. The first-order valence-electron chi connectivity index (χ1n) is 5.59. The van der Waals surface area contributed by atoms with Crippen LogP contribution in [0.15, 0.2) is 23.5 Å². The van der Waals surface area contributed by atoms with Gasteiger partial charge in [0.25, 0.3) is 0 Å². The zero-order valence-electron chi connectivity index (χ0n) is 10.1. The molecule has 0 aromatic carbocycles. The predicted molar refractivity (Wildman–Crippen MR) is 67.8 cm³/mol. The van der Waals surface area contributed by atoms with E-state index in [2.05, 4.69) is 21.8 Å². The minimum atomic E-state index is -0.307. The largest absolute Gasteiger partial charge is 0.395 e. The lowest BCUT2D eigenvalue weighted by atomic mass is 10.4. The predicted octanol–water partition coefficient (Wildman–Crippen LogP) is -0.289. The summed E-state index contributed by atoms with van der Waals surface area (Å²) in [5, 5.41) is 15.3. The second-order valence-electron chi connectivity index (χ2n) is 3.84. The van der Waals surface area contributed by atoms with Crippen LogP contribution >= 0.6 is 0 Å². The van der Waals surface area contributed by atoms with Crippen LogP contribution < -0.4 is 10.6 Å². The molecule has 0 unspecified atom stereocenters. The van der Waals surface area contributed by atoms with Crippen molar-refractivity contribution in [2.75, 3.05) is 24.6 Å². The maximum atomic E-state index is 11.5. The van der Waals surface area contributed by atoms with E-state index in [4.69, 9.17) is 5.11 Å². The Labute approximate surface area is 103 Å². The minimum Gasteiger partial charge on any atom is -0.395 e. The highest BCUT2D eigenvalue weighted by Crippen LogP contribution is 2.13. The Hall–Kier alpha value is -2.15. The third-order valence-electron chi connectivity index (χ3n) is 2.60. The molecule has 2 aromatic heterocycles. The van der Waals surface area contributed by atoms with Gasteiger partial charge < -0.3 is 10.0 Å². The molecule has 0 bridgehead atoms. The van der Waals surface area contributed by atoms with Gasteiger partial charge in [-0.3, -0.25) is 0 Å². The number of aryl methyl sites for hydroxylation is 1.